The number of nitrogens with two attached hydrogens (primary N) is 1. The van der Waals surface area contributed by atoms with E-state index in [0.29, 0.717) is 16.8 Å². The highest BCUT2D eigenvalue weighted by atomic mass is 16.2. The van der Waals surface area contributed by atoms with E-state index in [2.05, 4.69) is 5.10 Å². The zero-order valence-electron chi connectivity index (χ0n) is 11.3. The van der Waals surface area contributed by atoms with E-state index in [0.717, 1.165) is 11.3 Å². The summed E-state index contributed by atoms with van der Waals surface area (Å²) in [6.07, 6.45) is 1.67. The predicted octanol–water partition coefficient (Wildman–Crippen LogP) is 1.11. The van der Waals surface area contributed by atoms with E-state index in [4.69, 9.17) is 5.73 Å². The number of hydrogen-bond acceptors (Lipinski definition) is 4. The second-order valence-corrected chi connectivity index (χ2v) is 4.88. The van der Waals surface area contributed by atoms with Crippen LogP contribution in [-0.4, -0.2) is 26.5 Å². The number of carbonyl (C=O) groups excluding carboxylic acids is 2. The first kappa shape index (κ1) is 12.4. The van der Waals surface area contributed by atoms with Crippen LogP contribution in [0.2, 0.25) is 0 Å². The van der Waals surface area contributed by atoms with Crippen molar-refractivity contribution in [1.82, 2.24) is 14.7 Å². The molecule has 2 amide bonds. The van der Waals surface area contributed by atoms with Gasteiger partial charge in [-0.3, -0.25) is 19.2 Å². The smallest absolute Gasteiger partial charge is 0.261 e. The molecule has 2 N–H and O–H groups in total. The number of aromatic nitrogens is 2. The summed E-state index contributed by atoms with van der Waals surface area (Å²) in [7, 11) is 1.82. The lowest BCUT2D eigenvalue weighted by molar-refractivity contribution is 0.0642. The number of anilines is 1. The third kappa shape index (κ3) is 1.69. The molecule has 1 aliphatic heterocycles. The molecule has 1 aromatic carbocycles. The molecule has 20 heavy (non-hydrogen) atoms. The first-order valence-corrected chi connectivity index (χ1v) is 6.22. The average molecular weight is 270 g/mol. The molecule has 0 saturated heterocycles. The van der Waals surface area contributed by atoms with Gasteiger partial charge in [0.15, 0.2) is 0 Å². The van der Waals surface area contributed by atoms with Crippen LogP contribution in [0.5, 0.6) is 0 Å². The maximum atomic E-state index is 12.3. The van der Waals surface area contributed by atoms with Crippen LogP contribution in [0.25, 0.3) is 0 Å². The fourth-order valence-electron chi connectivity index (χ4n) is 2.32. The summed E-state index contributed by atoms with van der Waals surface area (Å²) in [6, 6.07) is 4.77. The fraction of sp³-hybridized carbons (Fsp3) is 0.214. The molecule has 102 valence electrons. The van der Waals surface area contributed by atoms with Crippen molar-refractivity contribution in [2.75, 3.05) is 5.73 Å². The number of benzene rings is 1. The Bertz CT molecular complexity index is 733. The van der Waals surface area contributed by atoms with Gasteiger partial charge in [-0.2, -0.15) is 5.10 Å². The lowest BCUT2D eigenvalue weighted by Crippen LogP contribution is -2.29. The Labute approximate surface area is 115 Å². The Morgan fingerprint density at radius 1 is 1.20 bits per heavy atom. The molecule has 3 rings (SSSR count). The lowest BCUT2D eigenvalue weighted by Gasteiger charge is -2.13. The first-order valence-electron chi connectivity index (χ1n) is 6.22. The molecular formula is C14H14N4O2. The monoisotopic (exact) mass is 270 g/mol. The number of nitrogens with zero attached hydrogens (tertiary/aromatic N) is 3. The average Bonchev–Trinajstić information content (AvgIpc) is 2.85. The van der Waals surface area contributed by atoms with Crippen LogP contribution in [0.1, 0.15) is 32.0 Å². The largest absolute Gasteiger partial charge is 0.399 e. The lowest BCUT2D eigenvalue weighted by atomic mass is 10.1. The number of rotatable bonds is 2. The van der Waals surface area contributed by atoms with Crippen molar-refractivity contribution in [2.45, 2.75) is 13.5 Å². The third-order valence-electron chi connectivity index (χ3n) is 3.66. The Kier molecular flexibility index (Phi) is 2.60. The summed E-state index contributed by atoms with van der Waals surface area (Å²) >= 11 is 0. The molecule has 2 aromatic rings. The van der Waals surface area contributed by atoms with Gasteiger partial charge in [-0.1, -0.05) is 0 Å². The van der Waals surface area contributed by atoms with Crippen molar-refractivity contribution < 1.29 is 9.59 Å². The highest BCUT2D eigenvalue weighted by Gasteiger charge is 2.35. The first-order chi connectivity index (χ1) is 9.49. The van der Waals surface area contributed by atoms with Gasteiger partial charge in [0.2, 0.25) is 0 Å². The number of amides is 2. The molecule has 0 unspecified atom stereocenters. The van der Waals surface area contributed by atoms with Crippen LogP contribution < -0.4 is 5.73 Å². The molecule has 0 fully saturated rings. The standard InChI is InChI=1S/C14H14N4O2/c1-8-9(6-16-17(8)2)7-18-13(19)11-4-3-10(15)5-12(11)14(18)20/h3-6H,7,15H2,1-2H3. The number of fused-ring (bicyclic) bond motifs is 1. The Morgan fingerprint density at radius 2 is 1.90 bits per heavy atom. The Morgan fingerprint density at radius 3 is 2.55 bits per heavy atom. The van der Waals surface area contributed by atoms with Crippen LogP contribution in [0.3, 0.4) is 0 Å². The zero-order chi connectivity index (χ0) is 14.4. The molecule has 6 nitrogen and oxygen atoms in total. The van der Waals surface area contributed by atoms with E-state index in [9.17, 15) is 9.59 Å². The van der Waals surface area contributed by atoms with Gasteiger partial charge < -0.3 is 5.73 Å². The topological polar surface area (TPSA) is 81.2 Å². The highest BCUT2D eigenvalue weighted by Crippen LogP contribution is 2.26. The van der Waals surface area contributed by atoms with Crippen molar-refractivity contribution in [1.29, 1.82) is 0 Å². The third-order valence-corrected chi connectivity index (χ3v) is 3.66. The SMILES string of the molecule is Cc1c(CN2C(=O)c3ccc(N)cc3C2=O)cnn1C. The molecule has 0 radical (unpaired) electrons. The number of aryl methyl sites for hydroxylation is 1. The number of carbonyl (C=O) groups is 2. The van der Waals surface area contributed by atoms with E-state index in [1.54, 1.807) is 29.1 Å². The minimum Gasteiger partial charge on any atom is -0.399 e. The summed E-state index contributed by atoms with van der Waals surface area (Å²) in [6.45, 7) is 2.13. The van der Waals surface area contributed by atoms with Gasteiger partial charge in [-0.15, -0.1) is 0 Å². The Hall–Kier alpha value is -2.63. The van der Waals surface area contributed by atoms with Gasteiger partial charge in [0.05, 0.1) is 23.9 Å². The molecular weight excluding hydrogens is 256 g/mol. The Balaban J connectivity index is 1.96. The highest BCUT2D eigenvalue weighted by molar-refractivity contribution is 6.21. The molecule has 2 heterocycles. The van der Waals surface area contributed by atoms with Crippen molar-refractivity contribution in [3.05, 3.63) is 46.8 Å². The van der Waals surface area contributed by atoms with Crippen molar-refractivity contribution in [3.8, 4) is 0 Å². The van der Waals surface area contributed by atoms with Crippen molar-refractivity contribution in [3.63, 3.8) is 0 Å². The summed E-state index contributed by atoms with van der Waals surface area (Å²) in [5.74, 6) is -0.589. The summed E-state index contributed by atoms with van der Waals surface area (Å²) in [4.78, 5) is 25.8. The maximum absolute atomic E-state index is 12.3. The van der Waals surface area contributed by atoms with E-state index < -0.39 is 0 Å². The minimum absolute atomic E-state index is 0.228. The van der Waals surface area contributed by atoms with Gasteiger partial charge in [0.25, 0.3) is 11.8 Å². The second kappa shape index (κ2) is 4.19. The minimum atomic E-state index is -0.305. The van der Waals surface area contributed by atoms with Gasteiger partial charge in [-0.05, 0) is 25.1 Å². The normalized spacial score (nSPS) is 14.0. The molecule has 1 aromatic heterocycles. The fourth-order valence-corrected chi connectivity index (χ4v) is 2.32. The summed E-state index contributed by atoms with van der Waals surface area (Å²) < 4.78 is 1.71. The molecule has 1 aliphatic rings. The maximum Gasteiger partial charge on any atom is 0.261 e. The van der Waals surface area contributed by atoms with E-state index >= 15 is 0 Å². The van der Waals surface area contributed by atoms with Gasteiger partial charge in [0, 0.05) is 24.0 Å². The second-order valence-electron chi connectivity index (χ2n) is 4.88. The van der Waals surface area contributed by atoms with E-state index in [-0.39, 0.29) is 18.4 Å². The summed E-state index contributed by atoms with van der Waals surface area (Å²) in [5, 5.41) is 4.12. The number of imide groups is 1. The van der Waals surface area contributed by atoms with Crippen LogP contribution in [0.4, 0.5) is 5.69 Å². The molecule has 6 heteroatoms. The molecule has 0 saturated carbocycles. The van der Waals surface area contributed by atoms with Gasteiger partial charge >= 0.3 is 0 Å². The molecule has 0 spiro atoms. The van der Waals surface area contributed by atoms with Gasteiger partial charge in [0.1, 0.15) is 0 Å². The van der Waals surface area contributed by atoms with E-state index in [1.807, 2.05) is 14.0 Å². The van der Waals surface area contributed by atoms with Gasteiger partial charge in [-0.25, -0.2) is 0 Å². The van der Waals surface area contributed by atoms with Crippen LogP contribution >= 0.6 is 0 Å². The molecule has 0 atom stereocenters. The molecule has 0 aliphatic carbocycles. The van der Waals surface area contributed by atoms with E-state index in [1.165, 1.54) is 4.90 Å². The summed E-state index contributed by atoms with van der Waals surface area (Å²) in [5.41, 5.74) is 8.71. The quantitative estimate of drug-likeness (QED) is 0.654. The zero-order valence-corrected chi connectivity index (χ0v) is 11.3. The number of nitrogen functional groups attached to an aromatic ring is 1. The van der Waals surface area contributed by atoms with Crippen LogP contribution in [0, 0.1) is 6.92 Å². The van der Waals surface area contributed by atoms with Crippen molar-refractivity contribution >= 4 is 17.5 Å². The van der Waals surface area contributed by atoms with Crippen LogP contribution in [0.15, 0.2) is 24.4 Å². The predicted molar refractivity (Wildman–Crippen MR) is 73.0 cm³/mol. The van der Waals surface area contributed by atoms with Crippen LogP contribution in [-0.2, 0) is 13.6 Å². The number of hydrogen-bond donors (Lipinski definition) is 1. The van der Waals surface area contributed by atoms with Crippen molar-refractivity contribution in [2.24, 2.45) is 7.05 Å². The molecule has 0 bridgehead atoms.